The zero-order chi connectivity index (χ0) is 13.9. The van der Waals surface area contributed by atoms with Crippen LogP contribution in [0.15, 0.2) is 22.7 Å². The normalized spacial score (nSPS) is 15.3. The number of phenolic OH excluding ortho intramolecular Hbond substituents is 1. The molecule has 3 rings (SSSR count). The number of benzene rings is 1. The number of hydrogen-bond acceptors (Lipinski definition) is 6. The van der Waals surface area contributed by atoms with Crippen molar-refractivity contribution in [2.24, 2.45) is 0 Å². The third-order valence-corrected chi connectivity index (χ3v) is 3.49. The van der Waals surface area contributed by atoms with Gasteiger partial charge in [0, 0.05) is 13.1 Å². The quantitative estimate of drug-likeness (QED) is 0.927. The fourth-order valence-corrected chi connectivity index (χ4v) is 2.36. The molecule has 6 heteroatoms. The van der Waals surface area contributed by atoms with E-state index in [-0.39, 0.29) is 5.75 Å². The van der Waals surface area contributed by atoms with Crippen molar-refractivity contribution in [3.8, 4) is 23.0 Å². The number of anilines is 1. The van der Waals surface area contributed by atoms with Crippen LogP contribution in [-0.2, 0) is 0 Å². The van der Waals surface area contributed by atoms with Gasteiger partial charge in [0.25, 0.3) is 11.8 Å². The summed E-state index contributed by atoms with van der Waals surface area (Å²) in [4.78, 5) is 6.48. The summed E-state index contributed by atoms with van der Waals surface area (Å²) in [6.45, 7) is 1.89. The molecule has 0 aliphatic carbocycles. The Morgan fingerprint density at radius 2 is 2.05 bits per heavy atom. The third kappa shape index (κ3) is 2.41. The summed E-state index contributed by atoms with van der Waals surface area (Å²) in [5, 5.41) is 13.9. The van der Waals surface area contributed by atoms with E-state index in [1.54, 1.807) is 25.3 Å². The molecule has 1 aromatic carbocycles. The Morgan fingerprint density at radius 1 is 1.25 bits per heavy atom. The number of hydrogen-bond donors (Lipinski definition) is 1. The Hall–Kier alpha value is -2.24. The molecule has 6 nitrogen and oxygen atoms in total. The van der Waals surface area contributed by atoms with Crippen molar-refractivity contribution in [1.82, 2.24) is 10.1 Å². The van der Waals surface area contributed by atoms with E-state index in [4.69, 9.17) is 9.26 Å². The van der Waals surface area contributed by atoms with E-state index in [2.05, 4.69) is 15.0 Å². The van der Waals surface area contributed by atoms with Gasteiger partial charge in [0.05, 0.1) is 12.7 Å². The van der Waals surface area contributed by atoms with E-state index in [1.165, 1.54) is 6.42 Å². The first-order chi connectivity index (χ1) is 9.78. The maximum absolute atomic E-state index is 9.91. The summed E-state index contributed by atoms with van der Waals surface area (Å²) in [5.41, 5.74) is 0.486. The molecule has 2 heterocycles. The predicted molar refractivity (Wildman–Crippen MR) is 74.0 cm³/mol. The lowest BCUT2D eigenvalue weighted by molar-refractivity contribution is 0.408. The molecule has 1 aromatic heterocycles. The smallest absolute Gasteiger partial charge is 0.266 e. The number of phenols is 1. The largest absolute Gasteiger partial charge is 0.507 e. The van der Waals surface area contributed by atoms with Crippen LogP contribution in [0.5, 0.6) is 11.5 Å². The highest BCUT2D eigenvalue weighted by atomic mass is 16.5. The first kappa shape index (κ1) is 12.8. The van der Waals surface area contributed by atoms with Crippen molar-refractivity contribution in [1.29, 1.82) is 0 Å². The minimum absolute atomic E-state index is 0.0969. The van der Waals surface area contributed by atoms with Crippen molar-refractivity contribution in [2.75, 3.05) is 25.1 Å². The highest BCUT2D eigenvalue weighted by Gasteiger charge is 2.19. The zero-order valence-electron chi connectivity index (χ0n) is 11.4. The molecule has 0 bridgehead atoms. The van der Waals surface area contributed by atoms with Gasteiger partial charge in [-0.2, -0.15) is 4.98 Å². The van der Waals surface area contributed by atoms with Gasteiger partial charge in [-0.1, -0.05) is 0 Å². The van der Waals surface area contributed by atoms with Crippen LogP contribution in [0.4, 0.5) is 5.95 Å². The molecule has 1 fully saturated rings. The standard InChI is InChI=1S/C14H17N3O3/c1-19-10-5-6-12(18)11(9-10)13-15-14(16-20-13)17-7-3-2-4-8-17/h5-6,9,18H,2-4,7-8H2,1H3. The van der Waals surface area contributed by atoms with Crippen molar-refractivity contribution >= 4 is 5.95 Å². The maximum Gasteiger partial charge on any atom is 0.266 e. The number of rotatable bonds is 3. The molecule has 20 heavy (non-hydrogen) atoms. The van der Waals surface area contributed by atoms with Crippen molar-refractivity contribution < 1.29 is 14.4 Å². The maximum atomic E-state index is 9.91. The van der Waals surface area contributed by atoms with Crippen LogP contribution in [0.2, 0.25) is 0 Å². The SMILES string of the molecule is COc1ccc(O)c(-c2nc(N3CCCCC3)no2)c1. The minimum Gasteiger partial charge on any atom is -0.507 e. The van der Waals surface area contributed by atoms with Crippen molar-refractivity contribution in [2.45, 2.75) is 19.3 Å². The van der Waals surface area contributed by atoms with E-state index in [0.717, 1.165) is 25.9 Å². The molecule has 1 N–H and O–H groups in total. The number of aromatic hydroxyl groups is 1. The highest BCUT2D eigenvalue weighted by Crippen LogP contribution is 2.32. The lowest BCUT2D eigenvalue weighted by atomic mass is 10.1. The molecule has 106 valence electrons. The average molecular weight is 275 g/mol. The van der Waals surface area contributed by atoms with Gasteiger partial charge in [0.1, 0.15) is 11.5 Å². The van der Waals surface area contributed by atoms with Gasteiger partial charge in [-0.3, -0.25) is 0 Å². The van der Waals surface area contributed by atoms with Gasteiger partial charge in [-0.15, -0.1) is 0 Å². The second-order valence-electron chi connectivity index (χ2n) is 4.83. The monoisotopic (exact) mass is 275 g/mol. The van der Waals surface area contributed by atoms with Crippen molar-refractivity contribution in [3.05, 3.63) is 18.2 Å². The second kappa shape index (κ2) is 5.40. The van der Waals surface area contributed by atoms with Gasteiger partial charge < -0.3 is 19.3 Å². The van der Waals surface area contributed by atoms with Crippen LogP contribution in [0.3, 0.4) is 0 Å². The second-order valence-corrected chi connectivity index (χ2v) is 4.83. The molecule has 0 unspecified atom stereocenters. The fraction of sp³-hybridized carbons (Fsp3) is 0.429. The Bertz CT molecular complexity index is 591. The van der Waals surface area contributed by atoms with E-state index < -0.39 is 0 Å². The first-order valence-corrected chi connectivity index (χ1v) is 6.74. The van der Waals surface area contributed by atoms with Gasteiger partial charge in [0.15, 0.2) is 0 Å². The first-order valence-electron chi connectivity index (χ1n) is 6.74. The molecule has 0 radical (unpaired) electrons. The fourth-order valence-electron chi connectivity index (χ4n) is 2.36. The average Bonchev–Trinajstić information content (AvgIpc) is 2.98. The number of methoxy groups -OCH3 is 1. The summed E-state index contributed by atoms with van der Waals surface area (Å²) in [6, 6.07) is 4.92. The van der Waals surface area contributed by atoms with Gasteiger partial charge in [-0.25, -0.2) is 0 Å². The Balaban J connectivity index is 1.89. The summed E-state index contributed by atoms with van der Waals surface area (Å²) >= 11 is 0. The van der Waals surface area contributed by atoms with Crippen LogP contribution in [0.1, 0.15) is 19.3 Å². The van der Waals surface area contributed by atoms with Gasteiger partial charge in [0.2, 0.25) is 0 Å². The van der Waals surface area contributed by atoms with Crippen LogP contribution >= 0.6 is 0 Å². The zero-order valence-corrected chi connectivity index (χ0v) is 11.4. The number of nitrogens with zero attached hydrogens (tertiary/aromatic N) is 3. The lowest BCUT2D eigenvalue weighted by Crippen LogP contribution is -2.30. The van der Waals surface area contributed by atoms with Crippen LogP contribution in [-0.4, -0.2) is 35.4 Å². The molecule has 0 amide bonds. The van der Waals surface area contributed by atoms with E-state index in [1.807, 2.05) is 0 Å². The lowest BCUT2D eigenvalue weighted by Gasteiger charge is -2.24. The van der Waals surface area contributed by atoms with E-state index >= 15 is 0 Å². The third-order valence-electron chi connectivity index (χ3n) is 3.49. The van der Waals surface area contributed by atoms with Gasteiger partial charge in [-0.05, 0) is 42.6 Å². The summed E-state index contributed by atoms with van der Waals surface area (Å²) in [5.74, 6) is 1.62. The molecule has 1 aliphatic heterocycles. The highest BCUT2D eigenvalue weighted by molar-refractivity contribution is 5.65. The van der Waals surface area contributed by atoms with E-state index in [9.17, 15) is 5.11 Å². The van der Waals surface area contributed by atoms with Crippen LogP contribution < -0.4 is 9.64 Å². The Morgan fingerprint density at radius 3 is 2.80 bits per heavy atom. The van der Waals surface area contributed by atoms with Crippen LogP contribution in [0.25, 0.3) is 11.5 Å². The summed E-state index contributed by atoms with van der Waals surface area (Å²) in [6.07, 6.45) is 3.54. The number of aromatic nitrogens is 2. The molecular formula is C14H17N3O3. The predicted octanol–water partition coefficient (Wildman–Crippen LogP) is 2.44. The summed E-state index contributed by atoms with van der Waals surface area (Å²) in [7, 11) is 1.57. The van der Waals surface area contributed by atoms with Crippen LogP contribution in [0, 0.1) is 0 Å². The number of piperidine rings is 1. The Labute approximate surface area is 117 Å². The number of ether oxygens (including phenoxy) is 1. The topological polar surface area (TPSA) is 71.6 Å². The Kier molecular flexibility index (Phi) is 3.45. The minimum atomic E-state index is 0.0969. The molecule has 1 aliphatic rings. The van der Waals surface area contributed by atoms with Crippen molar-refractivity contribution in [3.63, 3.8) is 0 Å². The molecule has 2 aromatic rings. The molecular weight excluding hydrogens is 258 g/mol. The molecule has 1 saturated heterocycles. The summed E-state index contributed by atoms with van der Waals surface area (Å²) < 4.78 is 10.4. The molecule has 0 spiro atoms. The molecule has 0 saturated carbocycles. The van der Waals surface area contributed by atoms with E-state index in [0.29, 0.717) is 23.2 Å². The van der Waals surface area contributed by atoms with Gasteiger partial charge >= 0.3 is 0 Å². The molecule has 0 atom stereocenters.